The number of hydrogen-bond acceptors (Lipinski definition) is 8. The number of pyridine rings is 2. The Labute approximate surface area is 208 Å². The molecule has 0 spiro atoms. The molecular formula is C23H23BrN6O5. The predicted octanol–water partition coefficient (Wildman–Crippen LogP) is 3.62. The summed E-state index contributed by atoms with van der Waals surface area (Å²) in [5, 5.41) is 4.64. The first-order chi connectivity index (χ1) is 16.4. The third-order valence-electron chi connectivity index (χ3n) is 5.02. The van der Waals surface area contributed by atoms with Crippen LogP contribution in [-0.4, -0.2) is 53.7 Å². The number of aryl methyl sites for hydroxylation is 2. The second-order valence-corrected chi connectivity index (χ2v) is 9.51. The van der Waals surface area contributed by atoms with Crippen LogP contribution in [-0.2, 0) is 16.5 Å². The Kier molecular flexibility index (Phi) is 6.09. The Hall–Kier alpha value is -3.80. The number of nitrogens with zero attached hydrogens (tertiary/aromatic N) is 6. The van der Waals surface area contributed by atoms with Gasteiger partial charge in [0, 0.05) is 18.1 Å². The van der Waals surface area contributed by atoms with Crippen molar-refractivity contribution < 1.29 is 19.1 Å². The van der Waals surface area contributed by atoms with Gasteiger partial charge in [-0.2, -0.15) is 0 Å². The number of ether oxygens (including phenoxy) is 2. The van der Waals surface area contributed by atoms with Crippen molar-refractivity contribution in [3.8, 4) is 17.1 Å². The summed E-state index contributed by atoms with van der Waals surface area (Å²) in [7, 11) is 2.79. The van der Waals surface area contributed by atoms with E-state index in [0.29, 0.717) is 32.9 Å². The zero-order valence-electron chi connectivity index (χ0n) is 20.0. The Bertz CT molecular complexity index is 1530. The summed E-state index contributed by atoms with van der Waals surface area (Å²) in [6, 6.07) is 6.83. The predicted molar refractivity (Wildman–Crippen MR) is 131 cm³/mol. The maximum atomic E-state index is 13.3. The van der Waals surface area contributed by atoms with E-state index in [1.165, 1.54) is 27.1 Å². The normalized spacial score (nSPS) is 11.6. The number of halogens is 1. The van der Waals surface area contributed by atoms with Gasteiger partial charge in [0.1, 0.15) is 5.60 Å². The molecule has 35 heavy (non-hydrogen) atoms. The molecule has 0 saturated carbocycles. The number of methoxy groups -OCH3 is 1. The lowest BCUT2D eigenvalue weighted by atomic mass is 10.2. The zero-order chi connectivity index (χ0) is 25.7. The van der Waals surface area contributed by atoms with Crippen LogP contribution in [0.25, 0.3) is 28.0 Å². The molecule has 0 aliphatic rings. The van der Waals surface area contributed by atoms with Gasteiger partial charge in [0.05, 0.1) is 35.9 Å². The molecule has 0 radical (unpaired) electrons. The minimum Gasteiger partial charge on any atom is -0.464 e. The van der Waals surface area contributed by atoms with E-state index < -0.39 is 17.7 Å². The molecule has 0 N–H and O–H groups in total. The molecule has 0 aliphatic heterocycles. The lowest BCUT2D eigenvalue weighted by Gasteiger charge is -2.21. The highest BCUT2D eigenvalue weighted by molar-refractivity contribution is 9.10. The smallest absolute Gasteiger partial charge is 0.419 e. The van der Waals surface area contributed by atoms with Gasteiger partial charge in [-0.1, -0.05) is 0 Å². The quantitative estimate of drug-likeness (QED) is 0.359. The highest BCUT2D eigenvalue weighted by atomic mass is 79.9. The van der Waals surface area contributed by atoms with Gasteiger partial charge in [-0.05, 0) is 67.9 Å². The van der Waals surface area contributed by atoms with Crippen LogP contribution in [0.1, 0.15) is 37.0 Å². The Morgan fingerprint density at radius 2 is 1.86 bits per heavy atom. The molecule has 0 saturated heterocycles. The van der Waals surface area contributed by atoms with Gasteiger partial charge in [0.25, 0.3) is 0 Å². The third kappa shape index (κ3) is 4.48. The molecule has 4 rings (SSSR count). The number of fused-ring (bicyclic) bond motifs is 1. The SMILES string of the molecule is COC(=O)c1nc(C)cc2cc(-c3ccc(-n4c(Br)nn(C)c4=O)cn3)n(C(=O)OC(C)(C)C)c12. The average molecular weight is 543 g/mol. The van der Waals surface area contributed by atoms with Gasteiger partial charge < -0.3 is 9.47 Å². The summed E-state index contributed by atoms with van der Waals surface area (Å²) in [6.45, 7) is 6.98. The van der Waals surface area contributed by atoms with Gasteiger partial charge in [0.15, 0.2) is 5.69 Å². The molecule has 4 heterocycles. The molecule has 4 aromatic heterocycles. The fourth-order valence-electron chi connectivity index (χ4n) is 3.62. The number of carbonyl (C=O) groups is 2. The van der Waals surface area contributed by atoms with Crippen molar-refractivity contribution in [2.75, 3.05) is 7.11 Å². The van der Waals surface area contributed by atoms with Crippen molar-refractivity contribution >= 4 is 38.9 Å². The van der Waals surface area contributed by atoms with Gasteiger partial charge in [-0.25, -0.2) is 33.2 Å². The zero-order valence-corrected chi connectivity index (χ0v) is 21.6. The van der Waals surface area contributed by atoms with Crippen molar-refractivity contribution in [1.82, 2.24) is 28.9 Å². The molecule has 0 atom stereocenters. The van der Waals surface area contributed by atoms with Crippen LogP contribution >= 0.6 is 15.9 Å². The lowest BCUT2D eigenvalue weighted by Crippen LogP contribution is -2.28. The van der Waals surface area contributed by atoms with E-state index in [4.69, 9.17) is 9.47 Å². The molecule has 0 bridgehead atoms. The van der Waals surface area contributed by atoms with Crippen molar-refractivity contribution in [3.05, 3.63) is 57.1 Å². The summed E-state index contributed by atoms with van der Waals surface area (Å²) in [5.41, 5.74) is 0.957. The molecule has 0 aliphatic carbocycles. The van der Waals surface area contributed by atoms with Crippen LogP contribution in [0.2, 0.25) is 0 Å². The maximum Gasteiger partial charge on any atom is 0.419 e. The second-order valence-electron chi connectivity index (χ2n) is 8.80. The van der Waals surface area contributed by atoms with Crippen molar-refractivity contribution in [2.45, 2.75) is 33.3 Å². The molecule has 11 nitrogen and oxygen atoms in total. The molecular weight excluding hydrogens is 520 g/mol. The van der Waals surface area contributed by atoms with Crippen LogP contribution in [0, 0.1) is 6.92 Å². The monoisotopic (exact) mass is 542 g/mol. The van der Waals surface area contributed by atoms with E-state index in [9.17, 15) is 14.4 Å². The highest BCUT2D eigenvalue weighted by Crippen LogP contribution is 2.31. The third-order valence-corrected chi connectivity index (χ3v) is 5.53. The van der Waals surface area contributed by atoms with E-state index >= 15 is 0 Å². The fraction of sp³-hybridized carbons (Fsp3) is 0.304. The summed E-state index contributed by atoms with van der Waals surface area (Å²) in [4.78, 5) is 47.1. The molecule has 0 unspecified atom stereocenters. The van der Waals surface area contributed by atoms with Crippen LogP contribution in [0.4, 0.5) is 4.79 Å². The Morgan fingerprint density at radius 3 is 2.40 bits per heavy atom. The molecule has 0 fully saturated rings. The molecule has 0 aromatic carbocycles. The molecule has 12 heteroatoms. The van der Waals surface area contributed by atoms with E-state index in [-0.39, 0.29) is 16.9 Å². The molecule has 4 aromatic rings. The van der Waals surface area contributed by atoms with Crippen LogP contribution in [0.15, 0.2) is 40.0 Å². The second kappa shape index (κ2) is 8.77. The summed E-state index contributed by atoms with van der Waals surface area (Å²) in [6.07, 6.45) is 0.792. The molecule has 182 valence electrons. The van der Waals surface area contributed by atoms with E-state index in [1.54, 1.807) is 59.0 Å². The number of esters is 1. The van der Waals surface area contributed by atoms with Crippen LogP contribution in [0.5, 0.6) is 0 Å². The first kappa shape index (κ1) is 24.3. The van der Waals surface area contributed by atoms with E-state index in [1.807, 2.05) is 0 Å². The van der Waals surface area contributed by atoms with Gasteiger partial charge in [-0.3, -0.25) is 4.98 Å². The lowest BCUT2D eigenvalue weighted by molar-refractivity contribution is 0.0546. The van der Waals surface area contributed by atoms with Gasteiger partial charge in [-0.15, -0.1) is 5.10 Å². The van der Waals surface area contributed by atoms with Crippen LogP contribution < -0.4 is 5.69 Å². The minimum atomic E-state index is -0.792. The van der Waals surface area contributed by atoms with Crippen molar-refractivity contribution in [2.24, 2.45) is 7.05 Å². The van der Waals surface area contributed by atoms with E-state index in [0.717, 1.165) is 0 Å². The average Bonchev–Trinajstić information content (AvgIpc) is 3.28. The first-order valence-corrected chi connectivity index (χ1v) is 11.3. The summed E-state index contributed by atoms with van der Waals surface area (Å²) < 4.78 is 14.7. The number of hydrogen-bond donors (Lipinski definition) is 0. The van der Waals surface area contributed by atoms with Gasteiger partial charge >= 0.3 is 17.8 Å². The largest absolute Gasteiger partial charge is 0.464 e. The Morgan fingerprint density at radius 1 is 1.14 bits per heavy atom. The molecule has 0 amide bonds. The van der Waals surface area contributed by atoms with Crippen molar-refractivity contribution in [1.29, 1.82) is 0 Å². The van der Waals surface area contributed by atoms with Gasteiger partial charge in [0.2, 0.25) is 4.73 Å². The topological polar surface area (TPSA) is 123 Å². The number of aromatic nitrogens is 6. The Balaban J connectivity index is 1.94. The number of carbonyl (C=O) groups excluding carboxylic acids is 2. The van der Waals surface area contributed by atoms with Crippen molar-refractivity contribution in [3.63, 3.8) is 0 Å². The summed E-state index contributed by atoms with van der Waals surface area (Å²) in [5.74, 6) is -0.683. The number of rotatable bonds is 3. The standard InChI is InChI=1S/C23H23BrN6O5/c1-12-9-13-10-16(15-8-7-14(11-25-15)29-20(24)27-28(5)21(29)32)30(22(33)35-23(2,3)4)18(13)17(26-12)19(31)34-6/h7-11H,1-6H3. The summed E-state index contributed by atoms with van der Waals surface area (Å²) >= 11 is 3.27. The first-order valence-electron chi connectivity index (χ1n) is 10.5. The highest BCUT2D eigenvalue weighted by Gasteiger charge is 2.28. The van der Waals surface area contributed by atoms with E-state index in [2.05, 4.69) is 31.0 Å². The maximum absolute atomic E-state index is 13.3. The minimum absolute atomic E-state index is 0.0120. The van der Waals surface area contributed by atoms with Crippen LogP contribution in [0.3, 0.4) is 0 Å². The fourth-order valence-corrected chi connectivity index (χ4v) is 4.21.